The van der Waals surface area contributed by atoms with Gasteiger partial charge in [-0.3, -0.25) is 9.59 Å². The summed E-state index contributed by atoms with van der Waals surface area (Å²) in [5.41, 5.74) is 7.25. The van der Waals surface area contributed by atoms with Crippen LogP contribution in [0.1, 0.15) is 37.7 Å². The van der Waals surface area contributed by atoms with Crippen LogP contribution in [0.3, 0.4) is 0 Å². The Labute approximate surface area is 221 Å². The molecule has 2 aromatic heterocycles. The molecule has 0 saturated carbocycles. The van der Waals surface area contributed by atoms with E-state index in [1.54, 1.807) is 0 Å². The molecule has 3 aromatic carbocycles. The van der Waals surface area contributed by atoms with Crippen LogP contribution in [0, 0.1) is 13.8 Å². The largest absolute Gasteiger partial charge is 0.368 e. The van der Waals surface area contributed by atoms with E-state index in [4.69, 9.17) is 4.98 Å². The fourth-order valence-corrected chi connectivity index (χ4v) is 5.31. The van der Waals surface area contributed by atoms with Gasteiger partial charge in [-0.15, -0.1) is 0 Å². The van der Waals surface area contributed by atoms with Gasteiger partial charge < -0.3 is 19.8 Å². The van der Waals surface area contributed by atoms with Crippen LogP contribution >= 0.6 is 0 Å². The highest BCUT2D eigenvalue weighted by Crippen LogP contribution is 2.30. The average Bonchev–Trinajstić information content (AvgIpc) is 3.52. The van der Waals surface area contributed by atoms with Gasteiger partial charge in [-0.2, -0.15) is 0 Å². The number of piperazine rings is 1. The quantitative estimate of drug-likeness (QED) is 0.316. The maximum Gasteiger partial charge on any atom is 0.270 e. The summed E-state index contributed by atoms with van der Waals surface area (Å²) in [4.78, 5) is 42.1. The first-order chi connectivity index (χ1) is 18.5. The second-order valence-corrected chi connectivity index (χ2v) is 9.75. The molecule has 6 rings (SSSR count). The first-order valence-corrected chi connectivity index (χ1v) is 12.9. The van der Waals surface area contributed by atoms with E-state index in [1.807, 2.05) is 85.5 Å². The molecule has 1 saturated heterocycles. The molecule has 0 spiro atoms. The molecule has 1 aliphatic rings. The molecule has 0 aliphatic carbocycles. The molecule has 0 atom stereocenters. The Kier molecular flexibility index (Phi) is 6.04. The van der Waals surface area contributed by atoms with E-state index in [-0.39, 0.29) is 11.7 Å². The number of hydrogen-bond acceptors (Lipinski definition) is 4. The number of imidazole rings is 1. The van der Waals surface area contributed by atoms with E-state index in [0.29, 0.717) is 35.7 Å². The number of hydrogen-bond donors (Lipinski definition) is 2. The van der Waals surface area contributed by atoms with E-state index in [0.717, 1.165) is 40.9 Å². The third-order valence-corrected chi connectivity index (χ3v) is 7.36. The van der Waals surface area contributed by atoms with Crippen molar-refractivity contribution >= 4 is 28.4 Å². The number of H-pyrrole nitrogens is 2. The van der Waals surface area contributed by atoms with Crippen LogP contribution in [0.2, 0.25) is 0 Å². The fourth-order valence-electron chi connectivity index (χ4n) is 5.31. The van der Waals surface area contributed by atoms with Gasteiger partial charge in [0.25, 0.3) is 5.91 Å². The normalized spacial score (nSPS) is 13.7. The van der Waals surface area contributed by atoms with Crippen molar-refractivity contribution < 1.29 is 9.59 Å². The molecule has 1 fully saturated rings. The zero-order valence-electron chi connectivity index (χ0n) is 21.5. The summed E-state index contributed by atoms with van der Waals surface area (Å²) in [5.74, 6) is 0.665. The maximum absolute atomic E-state index is 13.5. The molecular weight excluding hydrogens is 474 g/mol. The number of amides is 1. The van der Waals surface area contributed by atoms with Crippen molar-refractivity contribution in [2.24, 2.45) is 0 Å². The van der Waals surface area contributed by atoms with Crippen LogP contribution in [0.5, 0.6) is 0 Å². The minimum absolute atomic E-state index is 0.0106. The van der Waals surface area contributed by atoms with Gasteiger partial charge in [-0.05, 0) is 49.7 Å². The van der Waals surface area contributed by atoms with Crippen LogP contribution in [-0.2, 0) is 0 Å². The summed E-state index contributed by atoms with van der Waals surface area (Å²) in [6, 6.07) is 25.1. The molecule has 0 bridgehead atoms. The molecule has 3 heterocycles. The number of anilines is 1. The number of para-hydroxylation sites is 1. The molecule has 7 heteroatoms. The van der Waals surface area contributed by atoms with Crippen LogP contribution in [0.15, 0.2) is 78.9 Å². The number of nitrogens with zero attached hydrogens (tertiary/aromatic N) is 3. The summed E-state index contributed by atoms with van der Waals surface area (Å²) in [7, 11) is 0. The number of carbonyl (C=O) groups is 2. The number of fused-ring (bicyclic) bond motifs is 1. The highest BCUT2D eigenvalue weighted by atomic mass is 16.2. The average molecular weight is 504 g/mol. The smallest absolute Gasteiger partial charge is 0.270 e. The molecule has 1 amide bonds. The number of aromatic nitrogens is 3. The number of nitrogens with one attached hydrogen (secondary N) is 2. The van der Waals surface area contributed by atoms with Crippen molar-refractivity contribution in [2.45, 2.75) is 13.8 Å². The van der Waals surface area contributed by atoms with Crippen LogP contribution in [-0.4, -0.2) is 57.7 Å². The molecule has 0 radical (unpaired) electrons. The summed E-state index contributed by atoms with van der Waals surface area (Å²) < 4.78 is 0. The SMILES string of the molecule is Cc1[nH]c(C(=O)N2CCN(c3ccccc3)CC2)c(C)c1-c1nc2ccc(C(=O)c3ccccc3)cc2[nH]1. The number of ketones is 1. The van der Waals surface area contributed by atoms with Gasteiger partial charge in [0, 0.05) is 54.3 Å². The van der Waals surface area contributed by atoms with Crippen LogP contribution < -0.4 is 4.90 Å². The van der Waals surface area contributed by atoms with Gasteiger partial charge >= 0.3 is 0 Å². The molecule has 5 aromatic rings. The summed E-state index contributed by atoms with van der Waals surface area (Å²) in [6.45, 7) is 6.87. The first-order valence-electron chi connectivity index (χ1n) is 12.9. The van der Waals surface area contributed by atoms with Crippen molar-refractivity contribution in [1.82, 2.24) is 19.9 Å². The Morgan fingerprint density at radius 2 is 1.47 bits per heavy atom. The summed E-state index contributed by atoms with van der Waals surface area (Å²) >= 11 is 0. The monoisotopic (exact) mass is 503 g/mol. The highest BCUT2D eigenvalue weighted by molar-refractivity contribution is 6.10. The molecule has 2 N–H and O–H groups in total. The van der Waals surface area contributed by atoms with Gasteiger partial charge in [-0.1, -0.05) is 48.5 Å². The van der Waals surface area contributed by atoms with Crippen molar-refractivity contribution in [3.63, 3.8) is 0 Å². The van der Waals surface area contributed by atoms with Gasteiger partial charge in [0.2, 0.25) is 0 Å². The van der Waals surface area contributed by atoms with Gasteiger partial charge in [0.05, 0.1) is 11.0 Å². The lowest BCUT2D eigenvalue weighted by atomic mass is 10.0. The zero-order chi connectivity index (χ0) is 26.2. The Balaban J connectivity index is 1.24. The second-order valence-electron chi connectivity index (χ2n) is 9.75. The number of rotatable bonds is 5. The van der Waals surface area contributed by atoms with Crippen LogP contribution in [0.4, 0.5) is 5.69 Å². The molecule has 7 nitrogen and oxygen atoms in total. The number of benzene rings is 3. The van der Waals surface area contributed by atoms with E-state index in [2.05, 4.69) is 27.0 Å². The lowest BCUT2D eigenvalue weighted by molar-refractivity contribution is 0.0740. The van der Waals surface area contributed by atoms with Crippen molar-refractivity contribution in [2.75, 3.05) is 31.1 Å². The lowest BCUT2D eigenvalue weighted by Crippen LogP contribution is -2.49. The van der Waals surface area contributed by atoms with E-state index < -0.39 is 0 Å². The summed E-state index contributed by atoms with van der Waals surface area (Å²) in [5, 5.41) is 0. The summed E-state index contributed by atoms with van der Waals surface area (Å²) in [6.07, 6.45) is 0. The van der Waals surface area contributed by atoms with Gasteiger partial charge in [0.1, 0.15) is 11.5 Å². The van der Waals surface area contributed by atoms with Crippen molar-refractivity contribution in [3.8, 4) is 11.4 Å². The molecular formula is C31H29N5O2. The first kappa shape index (κ1) is 23.7. The minimum Gasteiger partial charge on any atom is -0.368 e. The van der Waals surface area contributed by atoms with Crippen LogP contribution in [0.25, 0.3) is 22.4 Å². The number of aryl methyl sites for hydroxylation is 1. The van der Waals surface area contributed by atoms with Crippen molar-refractivity contribution in [1.29, 1.82) is 0 Å². The Bertz CT molecular complexity index is 1630. The fraction of sp³-hybridized carbons (Fsp3) is 0.194. The highest BCUT2D eigenvalue weighted by Gasteiger charge is 2.27. The Morgan fingerprint density at radius 3 is 2.18 bits per heavy atom. The zero-order valence-corrected chi connectivity index (χ0v) is 21.5. The minimum atomic E-state index is -0.0297. The van der Waals surface area contributed by atoms with Gasteiger partial charge in [-0.25, -0.2) is 4.98 Å². The van der Waals surface area contributed by atoms with E-state index >= 15 is 0 Å². The molecule has 0 unspecified atom stereocenters. The third kappa shape index (κ3) is 4.26. The lowest BCUT2D eigenvalue weighted by Gasteiger charge is -2.36. The standard InChI is InChI=1S/C31H29N5O2/c1-20-27(30-33-25-14-13-23(19-26(25)34-30)29(37)22-9-5-3-6-10-22)21(2)32-28(20)31(38)36-17-15-35(16-18-36)24-11-7-4-8-12-24/h3-14,19,32H,15-18H2,1-2H3,(H,33,34). The Morgan fingerprint density at radius 1 is 0.789 bits per heavy atom. The third-order valence-electron chi connectivity index (χ3n) is 7.36. The molecule has 190 valence electrons. The number of carbonyl (C=O) groups excluding carboxylic acids is 2. The molecule has 1 aliphatic heterocycles. The maximum atomic E-state index is 13.5. The topological polar surface area (TPSA) is 85.1 Å². The predicted octanol–water partition coefficient (Wildman–Crippen LogP) is 5.37. The van der Waals surface area contributed by atoms with Gasteiger partial charge in [0.15, 0.2) is 5.78 Å². The molecule has 38 heavy (non-hydrogen) atoms. The van der Waals surface area contributed by atoms with Crippen molar-refractivity contribution in [3.05, 3.63) is 107 Å². The van der Waals surface area contributed by atoms with E-state index in [9.17, 15) is 9.59 Å². The Hall–Kier alpha value is -4.65. The predicted molar refractivity (Wildman–Crippen MR) is 150 cm³/mol. The van der Waals surface area contributed by atoms with E-state index in [1.165, 1.54) is 5.69 Å². The second kappa shape index (κ2) is 9.67. The number of aromatic amines is 2.